The molecule has 0 spiro atoms. The van der Waals surface area contributed by atoms with Crippen LogP contribution in [0.4, 0.5) is 17.5 Å². The number of aromatic amines is 1. The molecule has 6 rings (SSSR count). The summed E-state index contributed by atoms with van der Waals surface area (Å²) in [5.74, 6) is 1.32. The fourth-order valence-corrected chi connectivity index (χ4v) is 4.55. The molecule has 4 heterocycles. The second-order valence-corrected chi connectivity index (χ2v) is 9.47. The third kappa shape index (κ3) is 3.73. The van der Waals surface area contributed by atoms with Gasteiger partial charge in [-0.15, -0.1) is 0 Å². The summed E-state index contributed by atoms with van der Waals surface area (Å²) in [6.07, 6.45) is 3.70. The van der Waals surface area contributed by atoms with E-state index >= 15 is 0 Å². The fourth-order valence-electron chi connectivity index (χ4n) is 4.55. The van der Waals surface area contributed by atoms with E-state index in [0.717, 1.165) is 12.8 Å². The molecule has 1 aromatic carbocycles. The van der Waals surface area contributed by atoms with Crippen molar-refractivity contribution in [3.63, 3.8) is 0 Å². The number of likely N-dealkylation sites (tertiary alicyclic amines) is 1. The average molecular weight is 492 g/mol. The molecule has 5 N–H and O–H groups in total. The molecule has 36 heavy (non-hydrogen) atoms. The second kappa shape index (κ2) is 8.54. The summed E-state index contributed by atoms with van der Waals surface area (Å²) < 4.78 is 11.7. The molecular weight excluding hydrogens is 466 g/mol. The molecular formula is C24H25N7O5. The van der Waals surface area contributed by atoms with Gasteiger partial charge in [0.1, 0.15) is 30.7 Å². The maximum absolute atomic E-state index is 13.2. The molecule has 12 nitrogen and oxygen atoms in total. The Morgan fingerprint density at radius 3 is 2.64 bits per heavy atom. The highest BCUT2D eigenvalue weighted by molar-refractivity contribution is 6.00. The Morgan fingerprint density at radius 1 is 1.19 bits per heavy atom. The quantitative estimate of drug-likeness (QED) is 0.325. The van der Waals surface area contributed by atoms with Crippen LogP contribution in [-0.2, 0) is 0 Å². The number of hydrogen-bond acceptors (Lipinski definition) is 10. The lowest BCUT2D eigenvalue weighted by Crippen LogP contribution is -2.62. The fraction of sp³-hybridized carbons (Fsp3) is 0.417. The van der Waals surface area contributed by atoms with E-state index in [0.29, 0.717) is 70.4 Å². The zero-order valence-electron chi connectivity index (χ0n) is 19.4. The van der Waals surface area contributed by atoms with E-state index in [1.807, 2.05) is 0 Å². The molecule has 1 saturated carbocycles. The number of nitriles is 1. The van der Waals surface area contributed by atoms with Crippen molar-refractivity contribution in [2.75, 3.05) is 50.2 Å². The van der Waals surface area contributed by atoms with Crippen molar-refractivity contribution in [3.8, 4) is 17.6 Å². The predicted molar refractivity (Wildman–Crippen MR) is 128 cm³/mol. The Hall–Kier alpha value is -4.08. The summed E-state index contributed by atoms with van der Waals surface area (Å²) in [6.45, 7) is 0.766. The van der Waals surface area contributed by atoms with Crippen LogP contribution in [0.5, 0.6) is 11.5 Å². The minimum atomic E-state index is -0.667. The number of aromatic nitrogens is 3. The van der Waals surface area contributed by atoms with Gasteiger partial charge in [0.25, 0.3) is 5.91 Å². The lowest BCUT2D eigenvalue weighted by Gasteiger charge is -2.48. The van der Waals surface area contributed by atoms with Crippen molar-refractivity contribution < 1.29 is 24.5 Å². The van der Waals surface area contributed by atoms with E-state index in [1.54, 1.807) is 23.2 Å². The SMILES string of the molecule is N#Cc1c[nH]c2nc(Nc3ccc(C(=O)N4CC(CO)(CO)C4)c4c3OCCO4)nc(NC3CC3)c12. The topological polar surface area (TPSA) is 169 Å². The normalized spacial score (nSPS) is 17.9. The van der Waals surface area contributed by atoms with Crippen LogP contribution < -0.4 is 20.1 Å². The Morgan fingerprint density at radius 2 is 1.94 bits per heavy atom. The van der Waals surface area contributed by atoms with Crippen LogP contribution in [0.25, 0.3) is 11.0 Å². The molecule has 3 aromatic rings. The molecule has 3 aliphatic rings. The molecule has 0 radical (unpaired) electrons. The molecule has 2 fully saturated rings. The third-order valence-electron chi connectivity index (χ3n) is 6.75. The van der Waals surface area contributed by atoms with Gasteiger partial charge in [0.05, 0.1) is 40.8 Å². The van der Waals surface area contributed by atoms with Crippen LogP contribution in [0.15, 0.2) is 18.3 Å². The highest BCUT2D eigenvalue weighted by atomic mass is 16.6. The molecule has 0 atom stereocenters. The Balaban J connectivity index is 1.32. The minimum Gasteiger partial charge on any atom is -0.485 e. The number of aliphatic hydroxyl groups excluding tert-OH is 2. The number of carbonyl (C=O) groups excluding carboxylic acids is 1. The molecule has 2 aromatic heterocycles. The van der Waals surface area contributed by atoms with Crippen LogP contribution >= 0.6 is 0 Å². The molecule has 1 aliphatic carbocycles. The van der Waals surface area contributed by atoms with Gasteiger partial charge in [-0.05, 0) is 25.0 Å². The highest BCUT2D eigenvalue weighted by Gasteiger charge is 2.45. The van der Waals surface area contributed by atoms with Gasteiger partial charge in [0.15, 0.2) is 11.5 Å². The van der Waals surface area contributed by atoms with Crippen LogP contribution in [0.3, 0.4) is 0 Å². The van der Waals surface area contributed by atoms with Gasteiger partial charge in [-0.3, -0.25) is 4.79 Å². The zero-order valence-corrected chi connectivity index (χ0v) is 19.4. The van der Waals surface area contributed by atoms with Gasteiger partial charge in [-0.2, -0.15) is 15.2 Å². The smallest absolute Gasteiger partial charge is 0.257 e. The Labute approximate surface area is 205 Å². The number of hydrogen-bond donors (Lipinski definition) is 5. The monoisotopic (exact) mass is 491 g/mol. The maximum atomic E-state index is 13.2. The first kappa shape index (κ1) is 22.4. The minimum absolute atomic E-state index is 0.188. The number of nitrogens with zero attached hydrogens (tertiary/aromatic N) is 4. The van der Waals surface area contributed by atoms with E-state index in [4.69, 9.17) is 9.47 Å². The third-order valence-corrected chi connectivity index (χ3v) is 6.75. The van der Waals surface area contributed by atoms with Gasteiger partial charge in [-0.25, -0.2) is 0 Å². The van der Waals surface area contributed by atoms with E-state index < -0.39 is 5.41 Å². The summed E-state index contributed by atoms with van der Waals surface area (Å²) in [6, 6.07) is 5.86. The molecule has 0 unspecified atom stereocenters. The van der Waals surface area contributed by atoms with Gasteiger partial charge in [0.2, 0.25) is 5.95 Å². The lowest BCUT2D eigenvalue weighted by molar-refractivity contribution is -0.0590. The number of ether oxygens (including phenoxy) is 2. The average Bonchev–Trinajstić information content (AvgIpc) is 3.59. The van der Waals surface area contributed by atoms with Crippen molar-refractivity contribution in [1.82, 2.24) is 19.9 Å². The Bertz CT molecular complexity index is 1380. The molecule has 186 valence electrons. The summed E-state index contributed by atoms with van der Waals surface area (Å²) in [4.78, 5) is 26.9. The summed E-state index contributed by atoms with van der Waals surface area (Å²) in [5.41, 5.74) is 1.21. The van der Waals surface area contributed by atoms with E-state index in [1.165, 1.54) is 0 Å². The molecule has 2 aliphatic heterocycles. The number of benzene rings is 1. The van der Waals surface area contributed by atoms with Gasteiger partial charge >= 0.3 is 0 Å². The first-order chi connectivity index (χ1) is 17.5. The highest BCUT2D eigenvalue weighted by Crippen LogP contribution is 2.43. The molecule has 12 heteroatoms. The summed E-state index contributed by atoms with van der Waals surface area (Å²) in [7, 11) is 0. The lowest BCUT2D eigenvalue weighted by atomic mass is 9.81. The number of H-pyrrole nitrogens is 1. The zero-order chi connectivity index (χ0) is 24.9. The molecule has 1 amide bonds. The van der Waals surface area contributed by atoms with Crippen molar-refractivity contribution in [2.24, 2.45) is 5.41 Å². The van der Waals surface area contributed by atoms with Crippen LogP contribution in [0.2, 0.25) is 0 Å². The number of fused-ring (bicyclic) bond motifs is 2. The standard InChI is InChI=1S/C24H25N7O5/c25-7-13-8-26-20-17(13)21(27-14-1-2-14)30-23(29-20)28-16-4-3-15(18-19(16)36-6-5-35-18)22(34)31-9-24(10-31,11-32)12-33/h3-4,8,14,32-33H,1-2,5-6,9-12H2,(H3,26,27,28,29,30). The van der Waals surface area contributed by atoms with Gasteiger partial charge < -0.3 is 40.2 Å². The first-order valence-electron chi connectivity index (χ1n) is 11.8. The molecule has 0 bridgehead atoms. The van der Waals surface area contributed by atoms with Gasteiger partial charge in [-0.1, -0.05) is 0 Å². The second-order valence-electron chi connectivity index (χ2n) is 9.47. The Kier molecular flexibility index (Phi) is 5.31. The van der Waals surface area contributed by atoms with E-state index in [-0.39, 0.29) is 32.2 Å². The predicted octanol–water partition coefficient (Wildman–Crippen LogP) is 1.35. The van der Waals surface area contributed by atoms with Crippen molar-refractivity contribution in [2.45, 2.75) is 18.9 Å². The summed E-state index contributed by atoms with van der Waals surface area (Å²) in [5, 5.41) is 35.8. The van der Waals surface area contributed by atoms with Crippen molar-refractivity contribution in [1.29, 1.82) is 5.26 Å². The van der Waals surface area contributed by atoms with Gasteiger partial charge in [0, 0.05) is 25.3 Å². The van der Waals surface area contributed by atoms with Crippen LogP contribution in [0, 0.1) is 16.7 Å². The number of aliphatic hydroxyl groups is 2. The first-order valence-corrected chi connectivity index (χ1v) is 11.8. The number of carbonyl (C=O) groups is 1. The number of nitrogens with one attached hydrogen (secondary N) is 3. The maximum Gasteiger partial charge on any atom is 0.257 e. The van der Waals surface area contributed by atoms with Crippen LogP contribution in [0.1, 0.15) is 28.8 Å². The summed E-state index contributed by atoms with van der Waals surface area (Å²) >= 11 is 0. The van der Waals surface area contributed by atoms with E-state index in [9.17, 15) is 20.3 Å². The number of anilines is 3. The number of rotatable bonds is 7. The van der Waals surface area contributed by atoms with Crippen molar-refractivity contribution in [3.05, 3.63) is 29.5 Å². The van der Waals surface area contributed by atoms with Crippen LogP contribution in [-0.4, -0.2) is 81.5 Å². The van der Waals surface area contributed by atoms with Crippen molar-refractivity contribution >= 4 is 34.4 Å². The number of amides is 1. The largest absolute Gasteiger partial charge is 0.485 e. The molecule has 1 saturated heterocycles. The van der Waals surface area contributed by atoms with E-state index in [2.05, 4.69) is 31.7 Å².